The molecular formula is C21H25N3O3S2. The number of hydrogen-bond acceptors (Lipinski definition) is 4. The summed E-state index contributed by atoms with van der Waals surface area (Å²) >= 11 is 1.21. The third-order valence-electron chi connectivity index (χ3n) is 5.74. The highest BCUT2D eigenvalue weighted by Crippen LogP contribution is 2.27. The van der Waals surface area contributed by atoms with E-state index in [9.17, 15) is 13.2 Å². The number of aromatic nitrogens is 1. The van der Waals surface area contributed by atoms with Crippen molar-refractivity contribution in [1.82, 2.24) is 14.6 Å². The van der Waals surface area contributed by atoms with Crippen LogP contribution >= 0.6 is 11.3 Å². The minimum Gasteiger partial charge on any atom is -0.350 e. The Morgan fingerprint density at radius 1 is 1.17 bits per heavy atom. The van der Waals surface area contributed by atoms with Crippen LogP contribution in [0, 0.1) is 20.8 Å². The summed E-state index contributed by atoms with van der Waals surface area (Å²) in [6.45, 7) is 7.26. The molecule has 2 aromatic heterocycles. The van der Waals surface area contributed by atoms with Gasteiger partial charge in [0.05, 0.1) is 0 Å². The van der Waals surface area contributed by atoms with Crippen LogP contribution in [0.15, 0.2) is 33.9 Å². The fourth-order valence-corrected chi connectivity index (χ4v) is 6.26. The van der Waals surface area contributed by atoms with Crippen LogP contribution in [0.3, 0.4) is 0 Å². The number of rotatable bonds is 4. The molecule has 154 valence electrons. The highest BCUT2D eigenvalue weighted by atomic mass is 32.2. The fraction of sp³-hybridized carbons (Fsp3) is 0.381. The zero-order valence-electron chi connectivity index (χ0n) is 16.8. The van der Waals surface area contributed by atoms with E-state index in [2.05, 4.69) is 36.5 Å². The number of carbonyl (C=O) groups excluding carboxylic acids is 1. The number of fused-ring (bicyclic) bond motifs is 1. The number of likely N-dealkylation sites (tertiary alicyclic amines) is 1. The van der Waals surface area contributed by atoms with Crippen molar-refractivity contribution in [3.05, 3.63) is 52.0 Å². The summed E-state index contributed by atoms with van der Waals surface area (Å²) in [6.07, 6.45) is 1.21. The van der Waals surface area contributed by atoms with Crippen molar-refractivity contribution in [2.24, 2.45) is 0 Å². The van der Waals surface area contributed by atoms with Gasteiger partial charge in [0.25, 0.3) is 5.91 Å². The SMILES string of the molecule is Cc1cc(C)c2cc(C(=O)N3CCC(NS(=O)(=O)c4cccs4)CC3)[nH]c2c1C. The van der Waals surface area contributed by atoms with E-state index >= 15 is 0 Å². The molecule has 0 unspecified atom stereocenters. The first-order chi connectivity index (χ1) is 13.8. The summed E-state index contributed by atoms with van der Waals surface area (Å²) in [4.78, 5) is 18.1. The molecule has 1 amide bonds. The Balaban J connectivity index is 1.45. The van der Waals surface area contributed by atoms with Crippen molar-refractivity contribution in [3.8, 4) is 0 Å². The van der Waals surface area contributed by atoms with Gasteiger partial charge in [0, 0.05) is 30.0 Å². The van der Waals surface area contributed by atoms with Crippen LogP contribution in [0.1, 0.15) is 40.0 Å². The van der Waals surface area contributed by atoms with Gasteiger partial charge in [-0.15, -0.1) is 11.3 Å². The topological polar surface area (TPSA) is 82.3 Å². The number of nitrogens with one attached hydrogen (secondary N) is 2. The summed E-state index contributed by atoms with van der Waals surface area (Å²) in [5.41, 5.74) is 5.12. The highest BCUT2D eigenvalue weighted by molar-refractivity contribution is 7.91. The first-order valence-corrected chi connectivity index (χ1v) is 12.1. The van der Waals surface area contributed by atoms with Gasteiger partial charge in [-0.1, -0.05) is 12.1 Å². The Morgan fingerprint density at radius 3 is 2.55 bits per heavy atom. The zero-order chi connectivity index (χ0) is 20.8. The lowest BCUT2D eigenvalue weighted by Gasteiger charge is -2.31. The van der Waals surface area contributed by atoms with Crippen LogP contribution in [0.5, 0.6) is 0 Å². The fourth-order valence-electron chi connectivity index (χ4n) is 3.95. The third kappa shape index (κ3) is 3.84. The number of nitrogens with zero attached hydrogens (tertiary/aromatic N) is 1. The normalized spacial score (nSPS) is 15.9. The summed E-state index contributed by atoms with van der Waals surface area (Å²) in [5, 5.41) is 2.83. The van der Waals surface area contributed by atoms with Crippen LogP contribution < -0.4 is 4.72 Å². The maximum absolute atomic E-state index is 13.0. The van der Waals surface area contributed by atoms with Crippen molar-refractivity contribution in [2.75, 3.05) is 13.1 Å². The molecule has 1 saturated heterocycles. The third-order valence-corrected chi connectivity index (χ3v) is 8.65. The summed E-state index contributed by atoms with van der Waals surface area (Å²) in [6, 6.07) is 7.26. The van der Waals surface area contributed by atoms with E-state index in [1.165, 1.54) is 16.9 Å². The van der Waals surface area contributed by atoms with Gasteiger partial charge in [-0.2, -0.15) is 0 Å². The maximum Gasteiger partial charge on any atom is 0.270 e. The van der Waals surface area contributed by atoms with Crippen molar-refractivity contribution >= 4 is 38.2 Å². The average molecular weight is 432 g/mol. The molecule has 1 aromatic carbocycles. The molecule has 6 nitrogen and oxygen atoms in total. The van der Waals surface area contributed by atoms with Crippen LogP contribution in [-0.2, 0) is 10.0 Å². The second-order valence-corrected chi connectivity index (χ2v) is 10.6. The first kappa shape index (κ1) is 20.1. The number of thiophene rings is 1. The van der Waals surface area contributed by atoms with Gasteiger partial charge in [0.2, 0.25) is 10.0 Å². The van der Waals surface area contributed by atoms with Crippen LogP contribution in [0.2, 0.25) is 0 Å². The van der Waals surface area contributed by atoms with Gasteiger partial charge >= 0.3 is 0 Å². The predicted molar refractivity (Wildman–Crippen MR) is 116 cm³/mol. The minimum atomic E-state index is -3.48. The largest absolute Gasteiger partial charge is 0.350 e. The second-order valence-electron chi connectivity index (χ2n) is 7.73. The van der Waals surface area contributed by atoms with Crippen molar-refractivity contribution in [1.29, 1.82) is 0 Å². The van der Waals surface area contributed by atoms with Crippen LogP contribution in [0.4, 0.5) is 0 Å². The molecule has 0 atom stereocenters. The molecule has 0 bridgehead atoms. The molecule has 0 spiro atoms. The van der Waals surface area contributed by atoms with Crippen molar-refractivity contribution in [3.63, 3.8) is 0 Å². The molecule has 29 heavy (non-hydrogen) atoms. The Morgan fingerprint density at radius 2 is 1.90 bits per heavy atom. The molecular weight excluding hydrogens is 406 g/mol. The van der Waals surface area contributed by atoms with Gasteiger partial charge in [-0.05, 0) is 67.8 Å². The molecule has 0 saturated carbocycles. The molecule has 8 heteroatoms. The Labute approximate surface area is 175 Å². The van der Waals surface area contributed by atoms with E-state index in [0.717, 1.165) is 22.0 Å². The lowest BCUT2D eigenvalue weighted by Crippen LogP contribution is -2.46. The quantitative estimate of drug-likeness (QED) is 0.660. The number of benzene rings is 1. The number of hydrogen-bond donors (Lipinski definition) is 2. The zero-order valence-corrected chi connectivity index (χ0v) is 18.4. The van der Waals surface area contributed by atoms with E-state index in [-0.39, 0.29) is 11.9 Å². The van der Waals surface area contributed by atoms with Crippen LogP contribution in [-0.4, -0.2) is 43.3 Å². The van der Waals surface area contributed by atoms with Gasteiger partial charge in [0.15, 0.2) is 0 Å². The smallest absolute Gasteiger partial charge is 0.270 e. The van der Waals surface area contributed by atoms with Gasteiger partial charge in [0.1, 0.15) is 9.90 Å². The lowest BCUT2D eigenvalue weighted by atomic mass is 10.0. The van der Waals surface area contributed by atoms with E-state index in [4.69, 9.17) is 0 Å². The van der Waals surface area contributed by atoms with Gasteiger partial charge in [-0.25, -0.2) is 13.1 Å². The summed E-state index contributed by atoms with van der Waals surface area (Å²) in [7, 11) is -3.48. The predicted octanol–water partition coefficient (Wildman–Crippen LogP) is 3.74. The molecule has 3 heterocycles. The van der Waals surface area contributed by atoms with E-state index in [0.29, 0.717) is 35.8 Å². The average Bonchev–Trinajstić information content (AvgIpc) is 3.37. The van der Waals surface area contributed by atoms with E-state index in [1.807, 2.05) is 6.07 Å². The number of sulfonamides is 1. The number of carbonyl (C=O) groups is 1. The van der Waals surface area contributed by atoms with E-state index in [1.54, 1.807) is 22.4 Å². The molecule has 1 aliphatic rings. The van der Waals surface area contributed by atoms with Gasteiger partial charge < -0.3 is 9.88 Å². The maximum atomic E-state index is 13.0. The number of H-pyrrole nitrogens is 1. The highest BCUT2D eigenvalue weighted by Gasteiger charge is 2.28. The van der Waals surface area contributed by atoms with Crippen LogP contribution in [0.25, 0.3) is 10.9 Å². The molecule has 1 aliphatic heterocycles. The molecule has 0 radical (unpaired) electrons. The Bertz CT molecular complexity index is 1160. The minimum absolute atomic E-state index is 0.0304. The Hall–Kier alpha value is -2.16. The van der Waals surface area contributed by atoms with Gasteiger partial charge in [-0.3, -0.25) is 4.79 Å². The van der Waals surface area contributed by atoms with Crippen molar-refractivity contribution in [2.45, 2.75) is 43.9 Å². The Kier molecular flexibility index (Phi) is 5.27. The number of aryl methyl sites for hydroxylation is 3. The molecule has 4 rings (SSSR count). The van der Waals surface area contributed by atoms with Crippen molar-refractivity contribution < 1.29 is 13.2 Å². The number of piperidine rings is 1. The summed E-state index contributed by atoms with van der Waals surface area (Å²) < 4.78 is 27.9. The molecule has 3 aromatic rings. The number of aromatic amines is 1. The monoisotopic (exact) mass is 431 g/mol. The first-order valence-electron chi connectivity index (χ1n) is 9.71. The molecule has 1 fully saturated rings. The summed E-state index contributed by atoms with van der Waals surface area (Å²) in [5.74, 6) is -0.0304. The number of amides is 1. The lowest BCUT2D eigenvalue weighted by molar-refractivity contribution is 0.0706. The molecule has 0 aliphatic carbocycles. The second kappa shape index (κ2) is 7.59. The molecule has 2 N–H and O–H groups in total. The van der Waals surface area contributed by atoms with E-state index < -0.39 is 10.0 Å². The standard InChI is InChI=1S/C21H25N3O3S2/c1-13-11-14(2)17-12-18(22-20(17)15(13)3)21(25)24-8-6-16(7-9-24)23-29(26,27)19-5-4-10-28-19/h4-5,10-12,16,22-23H,6-9H2,1-3H3.